The van der Waals surface area contributed by atoms with E-state index < -0.39 is 5.60 Å². The minimum absolute atomic E-state index is 0.169. The Morgan fingerprint density at radius 1 is 0.968 bits per heavy atom. The van der Waals surface area contributed by atoms with E-state index in [0.717, 1.165) is 57.4 Å². The molecular formula is C24H45N5O2. The quantitative estimate of drug-likeness (QED) is 0.530. The molecule has 0 aromatic rings. The maximum absolute atomic E-state index is 12.4. The number of nitrogens with one attached hydrogen (secondary N) is 1. The number of aliphatic imine (C=N–C) groups is 1. The van der Waals surface area contributed by atoms with Crippen LogP contribution in [-0.4, -0.2) is 91.8 Å². The molecule has 3 rings (SSSR count). The van der Waals surface area contributed by atoms with Crippen LogP contribution >= 0.6 is 0 Å². The minimum Gasteiger partial charge on any atom is -0.444 e. The van der Waals surface area contributed by atoms with Crippen LogP contribution in [-0.2, 0) is 4.74 Å². The molecule has 1 N–H and O–H groups in total. The molecule has 3 aliphatic rings. The van der Waals surface area contributed by atoms with Crippen molar-refractivity contribution in [2.24, 2.45) is 16.8 Å². The number of nitrogens with zero attached hydrogens (tertiary/aromatic N) is 4. The predicted molar refractivity (Wildman–Crippen MR) is 126 cm³/mol. The summed E-state index contributed by atoms with van der Waals surface area (Å²) in [5.74, 6) is 2.33. The second kappa shape index (κ2) is 11.4. The first-order valence-corrected chi connectivity index (χ1v) is 12.5. The van der Waals surface area contributed by atoms with Gasteiger partial charge in [0.2, 0.25) is 0 Å². The van der Waals surface area contributed by atoms with E-state index in [1.165, 1.54) is 51.7 Å². The molecule has 3 saturated heterocycles. The van der Waals surface area contributed by atoms with Crippen LogP contribution in [0.15, 0.2) is 4.99 Å². The molecule has 0 aliphatic carbocycles. The van der Waals surface area contributed by atoms with Gasteiger partial charge in [0, 0.05) is 46.3 Å². The predicted octanol–water partition coefficient (Wildman–Crippen LogP) is 3.41. The van der Waals surface area contributed by atoms with Gasteiger partial charge >= 0.3 is 6.09 Å². The maximum Gasteiger partial charge on any atom is 0.410 e. The van der Waals surface area contributed by atoms with Crippen molar-refractivity contribution in [2.45, 2.75) is 71.3 Å². The number of carbonyl (C=O) groups is 1. The average Bonchev–Trinajstić information content (AvgIpc) is 3.19. The van der Waals surface area contributed by atoms with Crippen LogP contribution in [0.4, 0.5) is 4.79 Å². The first-order valence-electron chi connectivity index (χ1n) is 12.5. The van der Waals surface area contributed by atoms with Gasteiger partial charge in [0.1, 0.15) is 5.60 Å². The van der Waals surface area contributed by atoms with Crippen molar-refractivity contribution < 1.29 is 9.53 Å². The second-order valence-electron chi connectivity index (χ2n) is 10.7. The van der Waals surface area contributed by atoms with Crippen LogP contribution in [0.5, 0.6) is 0 Å². The van der Waals surface area contributed by atoms with Gasteiger partial charge in [-0.25, -0.2) is 4.79 Å². The van der Waals surface area contributed by atoms with Gasteiger partial charge in [0.15, 0.2) is 5.96 Å². The molecule has 0 saturated carbocycles. The van der Waals surface area contributed by atoms with Crippen LogP contribution in [0.25, 0.3) is 0 Å². The van der Waals surface area contributed by atoms with Gasteiger partial charge in [-0.15, -0.1) is 0 Å². The fourth-order valence-corrected chi connectivity index (χ4v) is 5.19. The lowest BCUT2D eigenvalue weighted by molar-refractivity contribution is 0.0162. The Morgan fingerprint density at radius 3 is 2.42 bits per heavy atom. The van der Waals surface area contributed by atoms with E-state index in [2.05, 4.69) is 20.1 Å². The summed E-state index contributed by atoms with van der Waals surface area (Å²) in [4.78, 5) is 23.9. The van der Waals surface area contributed by atoms with E-state index in [4.69, 9.17) is 4.74 Å². The molecular weight excluding hydrogens is 390 g/mol. The van der Waals surface area contributed by atoms with Crippen molar-refractivity contribution in [1.82, 2.24) is 20.0 Å². The summed E-state index contributed by atoms with van der Waals surface area (Å²) in [6, 6.07) is 0. The average molecular weight is 436 g/mol. The van der Waals surface area contributed by atoms with E-state index in [9.17, 15) is 4.79 Å². The standard InChI is InChI=1S/C24H45N5O2/c1-24(2,3)31-23(30)29-15-8-9-20(18-29)10-12-26-22(25-4)28-16-11-21(19-28)17-27-13-6-5-7-14-27/h20-21H,5-19H2,1-4H3,(H,25,26). The third-order valence-electron chi connectivity index (χ3n) is 6.77. The third kappa shape index (κ3) is 7.85. The maximum atomic E-state index is 12.4. The highest BCUT2D eigenvalue weighted by molar-refractivity contribution is 5.80. The summed E-state index contributed by atoms with van der Waals surface area (Å²) in [6.07, 6.45) is 8.54. The Bertz CT molecular complexity index is 597. The number of piperidine rings is 2. The number of amides is 1. The van der Waals surface area contributed by atoms with E-state index in [1.807, 2.05) is 32.7 Å². The minimum atomic E-state index is -0.431. The van der Waals surface area contributed by atoms with Gasteiger partial charge in [-0.05, 0) is 84.2 Å². The van der Waals surface area contributed by atoms with Crippen LogP contribution in [0.2, 0.25) is 0 Å². The fraction of sp³-hybridized carbons (Fsp3) is 0.917. The largest absolute Gasteiger partial charge is 0.444 e. The molecule has 0 aromatic heterocycles. The SMILES string of the molecule is CN=C(NCCC1CCCN(C(=O)OC(C)(C)C)C1)N1CCC(CN2CCCCC2)C1. The highest BCUT2D eigenvalue weighted by Gasteiger charge is 2.29. The molecule has 7 heteroatoms. The summed E-state index contributed by atoms with van der Waals surface area (Å²) in [5, 5.41) is 3.59. The molecule has 0 spiro atoms. The molecule has 7 nitrogen and oxygen atoms in total. The molecule has 178 valence electrons. The Kier molecular flexibility index (Phi) is 8.87. The normalized spacial score (nSPS) is 26.3. The molecule has 31 heavy (non-hydrogen) atoms. The summed E-state index contributed by atoms with van der Waals surface area (Å²) < 4.78 is 5.56. The number of ether oxygens (including phenoxy) is 1. The van der Waals surface area contributed by atoms with Crippen LogP contribution < -0.4 is 5.32 Å². The topological polar surface area (TPSA) is 60.4 Å². The number of likely N-dealkylation sites (tertiary alicyclic amines) is 3. The molecule has 0 aromatic carbocycles. The number of hydrogen-bond acceptors (Lipinski definition) is 4. The molecule has 3 fully saturated rings. The van der Waals surface area contributed by atoms with Crippen molar-refractivity contribution >= 4 is 12.1 Å². The van der Waals surface area contributed by atoms with E-state index in [1.54, 1.807) is 0 Å². The summed E-state index contributed by atoms with van der Waals surface area (Å²) in [5.41, 5.74) is -0.431. The van der Waals surface area contributed by atoms with E-state index in [-0.39, 0.29) is 6.09 Å². The second-order valence-corrected chi connectivity index (χ2v) is 10.7. The first-order chi connectivity index (χ1) is 14.8. The van der Waals surface area contributed by atoms with Crippen molar-refractivity contribution in [2.75, 3.05) is 59.4 Å². The van der Waals surface area contributed by atoms with E-state index >= 15 is 0 Å². The number of hydrogen-bond donors (Lipinski definition) is 1. The fourth-order valence-electron chi connectivity index (χ4n) is 5.19. The first kappa shape index (κ1) is 24.1. The summed E-state index contributed by atoms with van der Waals surface area (Å²) >= 11 is 0. The van der Waals surface area contributed by atoms with Gasteiger partial charge in [-0.2, -0.15) is 0 Å². The zero-order valence-corrected chi connectivity index (χ0v) is 20.4. The smallest absolute Gasteiger partial charge is 0.410 e. The Labute approximate surface area is 189 Å². The summed E-state index contributed by atoms with van der Waals surface area (Å²) in [6.45, 7) is 14.3. The molecule has 2 atom stereocenters. The van der Waals surface area contributed by atoms with Gasteiger partial charge in [0.25, 0.3) is 0 Å². The Morgan fingerprint density at radius 2 is 1.71 bits per heavy atom. The van der Waals surface area contributed by atoms with Crippen molar-refractivity contribution in [3.63, 3.8) is 0 Å². The third-order valence-corrected chi connectivity index (χ3v) is 6.77. The number of carbonyl (C=O) groups excluding carboxylic acids is 1. The molecule has 0 radical (unpaired) electrons. The highest BCUT2D eigenvalue weighted by atomic mass is 16.6. The molecule has 0 bridgehead atoms. The Balaban J connectivity index is 1.37. The lowest BCUT2D eigenvalue weighted by atomic mass is 9.95. The lowest BCUT2D eigenvalue weighted by Gasteiger charge is -2.34. The number of guanidine groups is 1. The zero-order chi connectivity index (χ0) is 22.3. The van der Waals surface area contributed by atoms with Gasteiger partial charge < -0.3 is 24.8 Å². The Hall–Kier alpha value is -1.50. The van der Waals surface area contributed by atoms with Gasteiger partial charge in [0.05, 0.1) is 0 Å². The molecule has 3 aliphatic heterocycles. The van der Waals surface area contributed by atoms with Crippen molar-refractivity contribution in [1.29, 1.82) is 0 Å². The van der Waals surface area contributed by atoms with Crippen molar-refractivity contribution in [3.05, 3.63) is 0 Å². The van der Waals surface area contributed by atoms with Crippen LogP contribution in [0, 0.1) is 11.8 Å². The number of rotatable bonds is 5. The molecule has 1 amide bonds. The highest BCUT2D eigenvalue weighted by Crippen LogP contribution is 2.22. The zero-order valence-electron chi connectivity index (χ0n) is 20.4. The molecule has 2 unspecified atom stereocenters. The molecule has 3 heterocycles. The lowest BCUT2D eigenvalue weighted by Crippen LogP contribution is -2.44. The van der Waals surface area contributed by atoms with E-state index in [0.29, 0.717) is 5.92 Å². The van der Waals surface area contributed by atoms with Crippen LogP contribution in [0.1, 0.15) is 65.7 Å². The van der Waals surface area contributed by atoms with Crippen molar-refractivity contribution in [3.8, 4) is 0 Å². The van der Waals surface area contributed by atoms with Gasteiger partial charge in [-0.1, -0.05) is 6.42 Å². The van der Waals surface area contributed by atoms with Gasteiger partial charge in [-0.3, -0.25) is 4.99 Å². The summed E-state index contributed by atoms with van der Waals surface area (Å²) in [7, 11) is 1.89. The monoisotopic (exact) mass is 435 g/mol. The van der Waals surface area contributed by atoms with Crippen LogP contribution in [0.3, 0.4) is 0 Å².